The standard InChI is InChI=1S/C16H26N2O4S/c1-11-6-7-16(21-5)15(8-11)14(4)17-23(19,20)18-9-12(2)22-13(3)10-18/h6-8,12-14,17H,9-10H2,1-5H3. The maximum atomic E-state index is 12.7. The van der Waals surface area contributed by atoms with E-state index in [0.29, 0.717) is 18.8 Å². The Hall–Kier alpha value is -1.15. The van der Waals surface area contributed by atoms with Crippen LogP contribution in [0.5, 0.6) is 5.75 Å². The Morgan fingerprint density at radius 2 is 1.91 bits per heavy atom. The van der Waals surface area contributed by atoms with E-state index in [1.54, 1.807) is 7.11 Å². The molecular formula is C16H26N2O4S. The van der Waals surface area contributed by atoms with Gasteiger partial charge in [0.15, 0.2) is 0 Å². The number of aryl methyl sites for hydroxylation is 1. The van der Waals surface area contributed by atoms with Crippen LogP contribution >= 0.6 is 0 Å². The molecule has 1 aliphatic rings. The molecule has 6 nitrogen and oxygen atoms in total. The average molecular weight is 342 g/mol. The molecule has 3 atom stereocenters. The summed E-state index contributed by atoms with van der Waals surface area (Å²) in [6.07, 6.45) is -0.224. The van der Waals surface area contributed by atoms with Crippen molar-refractivity contribution in [2.24, 2.45) is 0 Å². The fourth-order valence-corrected chi connectivity index (χ4v) is 4.42. The van der Waals surface area contributed by atoms with Gasteiger partial charge < -0.3 is 9.47 Å². The van der Waals surface area contributed by atoms with Crippen LogP contribution in [-0.4, -0.2) is 45.1 Å². The number of hydrogen-bond donors (Lipinski definition) is 1. The predicted molar refractivity (Wildman–Crippen MR) is 89.8 cm³/mol. The van der Waals surface area contributed by atoms with Crippen LogP contribution in [-0.2, 0) is 14.9 Å². The molecule has 1 N–H and O–H groups in total. The molecule has 7 heteroatoms. The zero-order chi connectivity index (χ0) is 17.2. The first-order valence-electron chi connectivity index (χ1n) is 7.80. The monoisotopic (exact) mass is 342 g/mol. The minimum absolute atomic E-state index is 0.112. The largest absolute Gasteiger partial charge is 0.496 e. The second-order valence-corrected chi connectivity index (χ2v) is 7.87. The molecule has 1 aromatic rings. The Bertz CT molecular complexity index is 637. The molecule has 0 spiro atoms. The van der Waals surface area contributed by atoms with Crippen LogP contribution in [0.2, 0.25) is 0 Å². The first-order chi connectivity index (χ1) is 10.7. The van der Waals surface area contributed by atoms with Crippen LogP contribution in [0.3, 0.4) is 0 Å². The average Bonchev–Trinajstić information content (AvgIpc) is 2.45. The number of hydrogen-bond acceptors (Lipinski definition) is 4. The maximum Gasteiger partial charge on any atom is 0.280 e. The van der Waals surface area contributed by atoms with Crippen molar-refractivity contribution < 1.29 is 17.9 Å². The molecule has 0 aliphatic carbocycles. The molecule has 0 saturated carbocycles. The van der Waals surface area contributed by atoms with Gasteiger partial charge in [0.05, 0.1) is 19.3 Å². The van der Waals surface area contributed by atoms with Gasteiger partial charge in [-0.2, -0.15) is 17.4 Å². The zero-order valence-corrected chi connectivity index (χ0v) is 15.2. The Kier molecular flexibility index (Phi) is 5.67. The van der Waals surface area contributed by atoms with Gasteiger partial charge in [-0.15, -0.1) is 0 Å². The third kappa shape index (κ3) is 4.44. The normalized spacial score (nSPS) is 24.4. The van der Waals surface area contributed by atoms with E-state index in [0.717, 1.165) is 11.1 Å². The first kappa shape index (κ1) is 18.2. The van der Waals surface area contributed by atoms with Gasteiger partial charge in [-0.25, -0.2) is 0 Å². The van der Waals surface area contributed by atoms with Gasteiger partial charge >= 0.3 is 0 Å². The van der Waals surface area contributed by atoms with E-state index in [9.17, 15) is 8.42 Å². The number of ether oxygens (including phenoxy) is 2. The molecule has 0 amide bonds. The predicted octanol–water partition coefficient (Wildman–Crippen LogP) is 2.01. The van der Waals surface area contributed by atoms with E-state index < -0.39 is 10.2 Å². The molecule has 3 unspecified atom stereocenters. The lowest BCUT2D eigenvalue weighted by Gasteiger charge is -2.35. The van der Waals surface area contributed by atoms with E-state index in [-0.39, 0.29) is 18.2 Å². The highest BCUT2D eigenvalue weighted by molar-refractivity contribution is 7.87. The number of rotatable bonds is 5. The Labute approximate surface area is 139 Å². The Morgan fingerprint density at radius 1 is 1.30 bits per heavy atom. The topological polar surface area (TPSA) is 67.9 Å². The van der Waals surface area contributed by atoms with Crippen LogP contribution in [0.15, 0.2) is 18.2 Å². The minimum atomic E-state index is -3.59. The number of methoxy groups -OCH3 is 1. The van der Waals surface area contributed by atoms with Crippen molar-refractivity contribution in [2.75, 3.05) is 20.2 Å². The lowest BCUT2D eigenvalue weighted by molar-refractivity contribution is -0.0444. The van der Waals surface area contributed by atoms with Crippen LogP contribution in [0.25, 0.3) is 0 Å². The van der Waals surface area contributed by atoms with Crippen LogP contribution in [0, 0.1) is 6.92 Å². The smallest absolute Gasteiger partial charge is 0.280 e. The SMILES string of the molecule is COc1ccc(C)cc1C(C)NS(=O)(=O)N1CC(C)OC(C)C1. The second kappa shape index (κ2) is 7.17. The van der Waals surface area contributed by atoms with E-state index >= 15 is 0 Å². The number of morpholine rings is 1. The van der Waals surface area contributed by atoms with Crippen molar-refractivity contribution in [3.05, 3.63) is 29.3 Å². The highest BCUT2D eigenvalue weighted by Gasteiger charge is 2.32. The second-order valence-electron chi connectivity index (χ2n) is 6.16. The minimum Gasteiger partial charge on any atom is -0.496 e. The number of nitrogens with one attached hydrogen (secondary N) is 1. The van der Waals surface area contributed by atoms with Crippen LogP contribution in [0.1, 0.15) is 37.9 Å². The van der Waals surface area contributed by atoms with E-state index in [1.807, 2.05) is 45.9 Å². The summed E-state index contributed by atoms with van der Waals surface area (Å²) in [7, 11) is -2.00. The van der Waals surface area contributed by atoms with Crippen LogP contribution < -0.4 is 9.46 Å². The first-order valence-corrected chi connectivity index (χ1v) is 9.24. The van der Waals surface area contributed by atoms with Crippen molar-refractivity contribution in [1.29, 1.82) is 0 Å². The third-order valence-corrected chi connectivity index (χ3v) is 5.53. The molecule has 130 valence electrons. The third-order valence-electron chi connectivity index (χ3n) is 3.90. The van der Waals surface area contributed by atoms with Gasteiger partial charge in [-0.05, 0) is 33.8 Å². The van der Waals surface area contributed by atoms with Crippen molar-refractivity contribution in [2.45, 2.75) is 45.9 Å². The molecular weight excluding hydrogens is 316 g/mol. The highest BCUT2D eigenvalue weighted by Crippen LogP contribution is 2.27. The summed E-state index contributed by atoms with van der Waals surface area (Å²) < 4.78 is 40.5. The van der Waals surface area contributed by atoms with Gasteiger partial charge in [0.1, 0.15) is 5.75 Å². The molecule has 1 saturated heterocycles. The molecule has 1 aliphatic heterocycles. The number of benzene rings is 1. The molecule has 1 fully saturated rings. The quantitative estimate of drug-likeness (QED) is 0.889. The zero-order valence-electron chi connectivity index (χ0n) is 14.4. The summed E-state index contributed by atoms with van der Waals surface area (Å²) in [4.78, 5) is 0. The summed E-state index contributed by atoms with van der Waals surface area (Å²) in [5, 5.41) is 0. The van der Waals surface area contributed by atoms with E-state index in [1.165, 1.54) is 4.31 Å². The van der Waals surface area contributed by atoms with Crippen molar-refractivity contribution in [3.63, 3.8) is 0 Å². The summed E-state index contributed by atoms with van der Waals surface area (Å²) in [5.41, 5.74) is 1.88. The molecule has 1 heterocycles. The Morgan fingerprint density at radius 3 is 2.48 bits per heavy atom. The number of nitrogens with zero attached hydrogens (tertiary/aromatic N) is 1. The lowest BCUT2D eigenvalue weighted by Crippen LogP contribution is -2.52. The Balaban J connectivity index is 2.18. The molecule has 1 aromatic carbocycles. The maximum absolute atomic E-state index is 12.7. The summed E-state index contributed by atoms with van der Waals surface area (Å²) in [6, 6.07) is 5.35. The van der Waals surface area contributed by atoms with Gasteiger partial charge in [-0.1, -0.05) is 17.7 Å². The van der Waals surface area contributed by atoms with Crippen molar-refractivity contribution in [3.8, 4) is 5.75 Å². The van der Waals surface area contributed by atoms with E-state index in [4.69, 9.17) is 9.47 Å². The molecule has 0 bridgehead atoms. The molecule has 23 heavy (non-hydrogen) atoms. The van der Waals surface area contributed by atoms with Gasteiger partial charge in [0.25, 0.3) is 10.2 Å². The lowest BCUT2D eigenvalue weighted by atomic mass is 10.1. The van der Waals surface area contributed by atoms with Gasteiger partial charge in [0.2, 0.25) is 0 Å². The summed E-state index contributed by atoms with van der Waals surface area (Å²) in [6.45, 7) is 8.27. The fourth-order valence-electron chi connectivity index (χ4n) is 2.88. The van der Waals surface area contributed by atoms with Gasteiger partial charge in [0, 0.05) is 24.7 Å². The summed E-state index contributed by atoms with van der Waals surface area (Å²) >= 11 is 0. The van der Waals surface area contributed by atoms with Crippen LogP contribution in [0.4, 0.5) is 0 Å². The summed E-state index contributed by atoms with van der Waals surface area (Å²) in [5.74, 6) is 0.675. The van der Waals surface area contributed by atoms with Crippen molar-refractivity contribution >= 4 is 10.2 Å². The molecule has 0 aromatic heterocycles. The van der Waals surface area contributed by atoms with Crippen molar-refractivity contribution in [1.82, 2.24) is 9.03 Å². The highest BCUT2D eigenvalue weighted by atomic mass is 32.2. The fraction of sp³-hybridized carbons (Fsp3) is 0.625. The molecule has 2 rings (SSSR count). The van der Waals surface area contributed by atoms with Gasteiger partial charge in [-0.3, -0.25) is 0 Å². The van der Waals surface area contributed by atoms with E-state index in [2.05, 4.69) is 4.72 Å². The molecule has 0 radical (unpaired) electrons.